The summed E-state index contributed by atoms with van der Waals surface area (Å²) >= 11 is 0. The summed E-state index contributed by atoms with van der Waals surface area (Å²) in [5, 5.41) is 0. The maximum Gasteiger partial charge on any atom is 0.0879 e. The standard InChI is InChI=1S/C10H17NO/c1-12-10-3-2-6-11(8-10)7-9-4-5-9/h2-3,9-10H,4-8H2,1H3/t10-/m1/s1. The van der Waals surface area contributed by atoms with Gasteiger partial charge >= 0.3 is 0 Å². The lowest BCUT2D eigenvalue weighted by Crippen LogP contribution is -2.37. The molecule has 2 aliphatic rings. The summed E-state index contributed by atoms with van der Waals surface area (Å²) in [6.45, 7) is 3.49. The molecule has 0 aromatic heterocycles. The van der Waals surface area contributed by atoms with Gasteiger partial charge in [0.25, 0.3) is 0 Å². The first-order chi connectivity index (χ1) is 5.88. The molecule has 1 heterocycles. The number of ether oxygens (including phenoxy) is 1. The van der Waals surface area contributed by atoms with Gasteiger partial charge in [-0.2, -0.15) is 0 Å². The molecular weight excluding hydrogens is 150 g/mol. The highest BCUT2D eigenvalue weighted by atomic mass is 16.5. The number of methoxy groups -OCH3 is 1. The first-order valence-corrected chi connectivity index (χ1v) is 4.80. The zero-order valence-corrected chi connectivity index (χ0v) is 7.70. The Morgan fingerprint density at radius 1 is 1.50 bits per heavy atom. The van der Waals surface area contributed by atoms with Crippen molar-refractivity contribution < 1.29 is 4.74 Å². The number of nitrogens with zero attached hydrogens (tertiary/aromatic N) is 1. The maximum absolute atomic E-state index is 5.29. The van der Waals surface area contributed by atoms with Crippen LogP contribution in [0.5, 0.6) is 0 Å². The van der Waals surface area contributed by atoms with Crippen LogP contribution in [0.1, 0.15) is 12.8 Å². The van der Waals surface area contributed by atoms with E-state index in [-0.39, 0.29) is 0 Å². The highest BCUT2D eigenvalue weighted by molar-refractivity contribution is 4.99. The van der Waals surface area contributed by atoms with Gasteiger partial charge in [-0.15, -0.1) is 0 Å². The molecule has 2 rings (SSSR count). The van der Waals surface area contributed by atoms with Crippen molar-refractivity contribution in [3.63, 3.8) is 0 Å². The molecule has 1 saturated carbocycles. The van der Waals surface area contributed by atoms with E-state index in [2.05, 4.69) is 17.1 Å². The van der Waals surface area contributed by atoms with Crippen molar-refractivity contribution in [3.8, 4) is 0 Å². The third-order valence-corrected chi connectivity index (χ3v) is 2.67. The van der Waals surface area contributed by atoms with Crippen LogP contribution in [-0.4, -0.2) is 37.7 Å². The molecule has 2 nitrogen and oxygen atoms in total. The van der Waals surface area contributed by atoms with Gasteiger partial charge in [0.2, 0.25) is 0 Å². The lowest BCUT2D eigenvalue weighted by Gasteiger charge is -2.27. The van der Waals surface area contributed by atoms with E-state index in [1.807, 2.05) is 0 Å². The van der Waals surface area contributed by atoms with Crippen LogP contribution >= 0.6 is 0 Å². The SMILES string of the molecule is CO[C@@H]1C=CCN(CC2CC2)C1. The Morgan fingerprint density at radius 3 is 3.00 bits per heavy atom. The van der Waals surface area contributed by atoms with Crippen molar-refractivity contribution in [3.05, 3.63) is 12.2 Å². The van der Waals surface area contributed by atoms with Gasteiger partial charge in [-0.25, -0.2) is 0 Å². The number of rotatable bonds is 3. The van der Waals surface area contributed by atoms with Crippen LogP contribution in [0, 0.1) is 5.92 Å². The predicted molar refractivity (Wildman–Crippen MR) is 49.1 cm³/mol. The van der Waals surface area contributed by atoms with Crippen molar-refractivity contribution >= 4 is 0 Å². The lowest BCUT2D eigenvalue weighted by molar-refractivity contribution is 0.0911. The molecule has 1 fully saturated rings. The summed E-state index contributed by atoms with van der Waals surface area (Å²) in [6.07, 6.45) is 7.61. The van der Waals surface area contributed by atoms with Crippen LogP contribution in [0.15, 0.2) is 12.2 Å². The molecule has 0 saturated heterocycles. The second-order valence-electron chi connectivity index (χ2n) is 3.86. The fourth-order valence-electron chi connectivity index (χ4n) is 1.72. The second kappa shape index (κ2) is 3.58. The fraction of sp³-hybridized carbons (Fsp3) is 0.800. The van der Waals surface area contributed by atoms with E-state index in [0.717, 1.165) is 19.0 Å². The van der Waals surface area contributed by atoms with Crippen LogP contribution in [0.2, 0.25) is 0 Å². The number of hydrogen-bond acceptors (Lipinski definition) is 2. The van der Waals surface area contributed by atoms with Crippen molar-refractivity contribution in [2.75, 3.05) is 26.7 Å². The first-order valence-electron chi connectivity index (χ1n) is 4.80. The molecule has 1 aliphatic carbocycles. The molecule has 0 unspecified atom stereocenters. The third-order valence-electron chi connectivity index (χ3n) is 2.67. The fourth-order valence-corrected chi connectivity index (χ4v) is 1.72. The Balaban J connectivity index is 1.79. The molecule has 0 bridgehead atoms. The molecule has 0 N–H and O–H groups in total. The van der Waals surface area contributed by atoms with E-state index in [1.165, 1.54) is 19.4 Å². The van der Waals surface area contributed by atoms with Crippen molar-refractivity contribution in [1.29, 1.82) is 0 Å². The van der Waals surface area contributed by atoms with Gasteiger partial charge in [0.1, 0.15) is 0 Å². The third kappa shape index (κ3) is 2.08. The minimum atomic E-state index is 0.331. The average molecular weight is 167 g/mol. The van der Waals surface area contributed by atoms with Gasteiger partial charge in [0.05, 0.1) is 6.10 Å². The second-order valence-corrected chi connectivity index (χ2v) is 3.86. The summed E-state index contributed by atoms with van der Waals surface area (Å²) in [5.74, 6) is 0.994. The van der Waals surface area contributed by atoms with Crippen molar-refractivity contribution in [2.45, 2.75) is 18.9 Å². The van der Waals surface area contributed by atoms with E-state index >= 15 is 0 Å². The average Bonchev–Trinajstić information content (AvgIpc) is 2.89. The largest absolute Gasteiger partial charge is 0.376 e. The molecular formula is C10H17NO. The van der Waals surface area contributed by atoms with Gasteiger partial charge in [-0.05, 0) is 18.8 Å². The molecule has 0 radical (unpaired) electrons. The van der Waals surface area contributed by atoms with E-state index in [1.54, 1.807) is 7.11 Å². The van der Waals surface area contributed by atoms with Crippen LogP contribution in [-0.2, 0) is 4.74 Å². The number of hydrogen-bond donors (Lipinski definition) is 0. The molecule has 68 valence electrons. The van der Waals surface area contributed by atoms with Crippen LogP contribution in [0.3, 0.4) is 0 Å². The van der Waals surface area contributed by atoms with Gasteiger partial charge < -0.3 is 4.74 Å². The highest BCUT2D eigenvalue weighted by Crippen LogP contribution is 2.30. The Morgan fingerprint density at radius 2 is 2.33 bits per heavy atom. The normalized spacial score (nSPS) is 30.9. The van der Waals surface area contributed by atoms with E-state index < -0.39 is 0 Å². The molecule has 2 heteroatoms. The molecule has 1 atom stereocenters. The topological polar surface area (TPSA) is 12.5 Å². The first kappa shape index (κ1) is 8.27. The summed E-state index contributed by atoms with van der Waals surface area (Å²) in [7, 11) is 1.79. The van der Waals surface area contributed by atoms with Gasteiger partial charge in [-0.1, -0.05) is 12.2 Å². The Bertz CT molecular complexity index is 175. The minimum Gasteiger partial charge on any atom is -0.376 e. The summed E-state index contributed by atoms with van der Waals surface area (Å²) in [4.78, 5) is 2.49. The molecule has 12 heavy (non-hydrogen) atoms. The monoisotopic (exact) mass is 167 g/mol. The maximum atomic E-state index is 5.29. The van der Waals surface area contributed by atoms with Gasteiger partial charge in [0.15, 0.2) is 0 Å². The van der Waals surface area contributed by atoms with Crippen LogP contribution in [0.25, 0.3) is 0 Å². The Labute approximate surface area is 74.2 Å². The quantitative estimate of drug-likeness (QED) is 0.587. The smallest absolute Gasteiger partial charge is 0.0879 e. The molecule has 0 amide bonds. The van der Waals surface area contributed by atoms with Crippen molar-refractivity contribution in [2.24, 2.45) is 5.92 Å². The molecule has 0 aromatic carbocycles. The minimum absolute atomic E-state index is 0.331. The van der Waals surface area contributed by atoms with Gasteiger partial charge in [0, 0.05) is 26.7 Å². The predicted octanol–water partition coefficient (Wildman–Crippen LogP) is 1.28. The molecule has 0 aromatic rings. The van der Waals surface area contributed by atoms with Crippen molar-refractivity contribution in [1.82, 2.24) is 4.90 Å². The van der Waals surface area contributed by atoms with E-state index in [0.29, 0.717) is 6.10 Å². The Kier molecular flexibility index (Phi) is 2.47. The molecule has 1 aliphatic heterocycles. The highest BCUT2D eigenvalue weighted by Gasteiger charge is 2.25. The Hall–Kier alpha value is -0.340. The zero-order chi connectivity index (χ0) is 8.39. The van der Waals surface area contributed by atoms with E-state index in [4.69, 9.17) is 4.74 Å². The van der Waals surface area contributed by atoms with Crippen LogP contribution in [0.4, 0.5) is 0 Å². The zero-order valence-electron chi connectivity index (χ0n) is 7.70. The van der Waals surface area contributed by atoms with E-state index in [9.17, 15) is 0 Å². The van der Waals surface area contributed by atoms with Gasteiger partial charge in [-0.3, -0.25) is 4.90 Å². The summed E-state index contributed by atoms with van der Waals surface area (Å²) in [5.41, 5.74) is 0. The van der Waals surface area contributed by atoms with Crippen LogP contribution < -0.4 is 0 Å². The molecule has 0 spiro atoms. The summed E-state index contributed by atoms with van der Waals surface area (Å²) in [6, 6.07) is 0. The lowest BCUT2D eigenvalue weighted by atomic mass is 10.2. The summed E-state index contributed by atoms with van der Waals surface area (Å²) < 4.78 is 5.29.